The molecule has 0 fully saturated rings. The molecule has 0 saturated carbocycles. The van der Waals surface area contributed by atoms with Gasteiger partial charge in [0.15, 0.2) is 0 Å². The monoisotopic (exact) mass is 511 g/mol. The molecule has 2 heterocycles. The number of rotatable bonds is 4. The van der Waals surface area contributed by atoms with Gasteiger partial charge >= 0.3 is 5.76 Å². The number of halogens is 2. The van der Waals surface area contributed by atoms with Crippen LogP contribution < -0.4 is 5.76 Å². The molecule has 0 radical (unpaired) electrons. The van der Waals surface area contributed by atoms with Gasteiger partial charge in [-0.25, -0.2) is 22.7 Å². The normalized spacial score (nSPS) is 22.1. The third kappa shape index (κ3) is 4.07. The van der Waals surface area contributed by atoms with E-state index >= 15 is 4.39 Å². The van der Waals surface area contributed by atoms with Crippen molar-refractivity contribution < 1.29 is 27.4 Å². The predicted octanol–water partition coefficient (Wildman–Crippen LogP) is 2.72. The van der Waals surface area contributed by atoms with Gasteiger partial charge in [0.1, 0.15) is 18.0 Å². The van der Waals surface area contributed by atoms with Crippen molar-refractivity contribution in [3.05, 3.63) is 79.9 Å². The molecule has 0 saturated heterocycles. The summed E-state index contributed by atoms with van der Waals surface area (Å²) in [5.41, 5.74) is 1.51. The van der Waals surface area contributed by atoms with Crippen LogP contribution in [0.4, 0.5) is 4.39 Å². The Morgan fingerprint density at radius 1 is 1.26 bits per heavy atom. The van der Waals surface area contributed by atoms with Crippen LogP contribution in [0.1, 0.15) is 53.1 Å². The Labute approximate surface area is 199 Å². The highest BCUT2D eigenvalue weighted by Crippen LogP contribution is 2.43. The van der Waals surface area contributed by atoms with E-state index in [2.05, 4.69) is 10.2 Å². The van der Waals surface area contributed by atoms with Crippen LogP contribution in [0.2, 0.25) is 5.02 Å². The molecule has 1 aromatic heterocycles. The number of β-amino-alcohol motifs (C(OH)–C–C–N with tert-alkyl or cyclic N) is 1. The highest BCUT2D eigenvalue weighted by atomic mass is 35.5. The molecule has 0 amide bonds. The minimum absolute atomic E-state index is 0.0738. The van der Waals surface area contributed by atoms with Gasteiger partial charge in [-0.05, 0) is 54.8 Å². The van der Waals surface area contributed by atoms with Crippen LogP contribution in [0.15, 0.2) is 44.4 Å². The Balaban J connectivity index is 1.96. The van der Waals surface area contributed by atoms with Crippen LogP contribution in [0.5, 0.6) is 0 Å². The van der Waals surface area contributed by atoms with Crippen LogP contribution in [0, 0.1) is 19.7 Å². The average Bonchev–Trinajstić information content (AvgIpc) is 3.18. The first-order chi connectivity index (χ1) is 15.9. The standard InChI is InChI=1S/C22H23ClFN3O6S/c1-10-4-6-15(24)18(11(10)2)12(3)19(21-25-26-22(30)33-21)27-9-16(28)20(29)14-8-13(23)5-7-17(14)34(27,31)32/h4-8,12,16,19-20,28-29H,9H2,1-3H3,(H,26,30)/t12?,16-,19-,20+/m0/s1. The zero-order valence-electron chi connectivity index (χ0n) is 18.5. The lowest BCUT2D eigenvalue weighted by molar-refractivity contribution is 0.00328. The zero-order chi connectivity index (χ0) is 24.9. The van der Waals surface area contributed by atoms with E-state index in [4.69, 9.17) is 16.0 Å². The van der Waals surface area contributed by atoms with Gasteiger partial charge in [0.25, 0.3) is 0 Å². The summed E-state index contributed by atoms with van der Waals surface area (Å²) in [4.78, 5) is 11.5. The van der Waals surface area contributed by atoms with Crippen LogP contribution in [0.3, 0.4) is 0 Å². The van der Waals surface area contributed by atoms with Gasteiger partial charge in [-0.1, -0.05) is 24.6 Å². The first-order valence-electron chi connectivity index (χ1n) is 10.4. The highest BCUT2D eigenvalue weighted by Gasteiger charge is 2.46. The van der Waals surface area contributed by atoms with Crippen molar-refractivity contribution in [3.8, 4) is 0 Å². The highest BCUT2D eigenvalue weighted by molar-refractivity contribution is 7.89. The number of hydrogen-bond acceptors (Lipinski definition) is 7. The number of H-pyrrole nitrogens is 1. The number of aliphatic hydroxyl groups excluding tert-OH is 2. The molecule has 12 heteroatoms. The largest absolute Gasteiger partial charge is 0.434 e. The summed E-state index contributed by atoms with van der Waals surface area (Å²) in [6, 6.07) is 5.39. The van der Waals surface area contributed by atoms with E-state index in [1.807, 2.05) is 0 Å². The maximum absolute atomic E-state index is 15.0. The van der Waals surface area contributed by atoms with E-state index in [0.29, 0.717) is 5.56 Å². The first-order valence-corrected chi connectivity index (χ1v) is 12.2. The number of sulfonamides is 1. The van der Waals surface area contributed by atoms with Gasteiger partial charge in [-0.2, -0.15) is 4.31 Å². The fourth-order valence-corrected chi connectivity index (χ4v) is 6.51. The Hall–Kier alpha value is -2.57. The molecule has 2 aromatic carbocycles. The maximum atomic E-state index is 15.0. The van der Waals surface area contributed by atoms with E-state index < -0.39 is 52.3 Å². The maximum Gasteiger partial charge on any atom is 0.434 e. The topological polar surface area (TPSA) is 137 Å². The van der Waals surface area contributed by atoms with Crippen molar-refractivity contribution in [2.45, 2.75) is 49.8 Å². The second-order valence-corrected chi connectivity index (χ2v) is 10.7. The number of hydrogen-bond donors (Lipinski definition) is 3. The summed E-state index contributed by atoms with van der Waals surface area (Å²) in [6.45, 7) is 4.50. The van der Waals surface area contributed by atoms with Crippen LogP contribution in [-0.2, 0) is 10.0 Å². The lowest BCUT2D eigenvalue weighted by Gasteiger charge is -2.33. The van der Waals surface area contributed by atoms with Crippen molar-refractivity contribution in [1.29, 1.82) is 0 Å². The number of nitrogens with zero attached hydrogens (tertiary/aromatic N) is 2. The van der Waals surface area contributed by atoms with Gasteiger partial charge in [0.05, 0.1) is 11.0 Å². The van der Waals surface area contributed by atoms with Gasteiger partial charge in [-0.15, -0.1) is 5.10 Å². The first kappa shape index (κ1) is 24.6. The molecular formula is C22H23ClFN3O6S. The van der Waals surface area contributed by atoms with E-state index in [1.165, 1.54) is 24.3 Å². The van der Waals surface area contributed by atoms with E-state index in [0.717, 1.165) is 9.87 Å². The molecule has 0 bridgehead atoms. The van der Waals surface area contributed by atoms with Gasteiger partial charge in [0.2, 0.25) is 15.9 Å². The summed E-state index contributed by atoms with van der Waals surface area (Å²) >= 11 is 6.01. The van der Waals surface area contributed by atoms with Crippen molar-refractivity contribution in [3.63, 3.8) is 0 Å². The lowest BCUT2D eigenvalue weighted by Crippen LogP contribution is -2.42. The molecule has 1 unspecified atom stereocenters. The molecule has 0 aliphatic carbocycles. The molecule has 9 nitrogen and oxygen atoms in total. The van der Waals surface area contributed by atoms with E-state index in [1.54, 1.807) is 26.8 Å². The zero-order valence-corrected chi connectivity index (χ0v) is 20.1. The molecule has 0 spiro atoms. The SMILES string of the molecule is Cc1ccc(F)c(C(C)[C@@H](c2n[nH]c(=O)o2)N2C[C@H](O)[C@H](O)c3cc(Cl)ccc3S2(=O)=O)c1C. The molecule has 1 aliphatic heterocycles. The number of aryl methyl sites for hydroxylation is 1. The Morgan fingerprint density at radius 2 is 1.97 bits per heavy atom. The number of fused-ring (bicyclic) bond motifs is 1. The number of benzene rings is 2. The Bertz CT molecular complexity index is 1410. The average molecular weight is 512 g/mol. The quantitative estimate of drug-likeness (QED) is 0.489. The summed E-state index contributed by atoms with van der Waals surface area (Å²) in [5.74, 6) is -2.70. The summed E-state index contributed by atoms with van der Waals surface area (Å²) in [7, 11) is -4.41. The molecule has 1 aliphatic rings. The Morgan fingerprint density at radius 3 is 2.62 bits per heavy atom. The van der Waals surface area contributed by atoms with Crippen molar-refractivity contribution in [1.82, 2.24) is 14.5 Å². The van der Waals surface area contributed by atoms with Crippen LogP contribution >= 0.6 is 11.6 Å². The minimum atomic E-state index is -4.41. The minimum Gasteiger partial charge on any atom is -0.391 e. The smallest absolute Gasteiger partial charge is 0.391 e. The van der Waals surface area contributed by atoms with Crippen molar-refractivity contribution in [2.24, 2.45) is 0 Å². The second kappa shape index (κ2) is 8.90. The van der Waals surface area contributed by atoms with Gasteiger partial charge in [0, 0.05) is 23.0 Å². The number of aromatic nitrogens is 2. The number of nitrogens with one attached hydrogen (secondary N) is 1. The van der Waals surface area contributed by atoms with E-state index in [-0.39, 0.29) is 26.9 Å². The molecular weight excluding hydrogens is 489 g/mol. The molecule has 3 aromatic rings. The fraction of sp³-hybridized carbons (Fsp3) is 0.364. The van der Waals surface area contributed by atoms with E-state index in [9.17, 15) is 23.4 Å². The molecule has 34 heavy (non-hydrogen) atoms. The third-order valence-corrected chi connectivity index (χ3v) is 8.44. The fourth-order valence-electron chi connectivity index (χ4n) is 4.44. The lowest BCUT2D eigenvalue weighted by atomic mass is 9.87. The van der Waals surface area contributed by atoms with Gasteiger partial charge in [-0.3, -0.25) is 0 Å². The summed E-state index contributed by atoms with van der Waals surface area (Å²) in [6.07, 6.45) is -3.12. The summed E-state index contributed by atoms with van der Waals surface area (Å²) in [5, 5.41) is 27.5. The number of aromatic amines is 1. The van der Waals surface area contributed by atoms with Crippen molar-refractivity contribution in [2.75, 3.05) is 6.54 Å². The second-order valence-electron chi connectivity index (χ2n) is 8.36. The molecule has 4 rings (SSSR count). The number of aliphatic hydroxyl groups is 2. The summed E-state index contributed by atoms with van der Waals surface area (Å²) < 4.78 is 48.7. The van der Waals surface area contributed by atoms with Gasteiger partial charge < -0.3 is 14.6 Å². The van der Waals surface area contributed by atoms with Crippen LogP contribution in [-0.4, -0.2) is 45.8 Å². The Kier molecular flexibility index (Phi) is 6.42. The molecule has 4 atom stereocenters. The molecule has 182 valence electrons. The molecule has 3 N–H and O–H groups in total. The van der Waals surface area contributed by atoms with Crippen LogP contribution in [0.25, 0.3) is 0 Å². The van der Waals surface area contributed by atoms with Crippen molar-refractivity contribution >= 4 is 21.6 Å². The predicted molar refractivity (Wildman–Crippen MR) is 120 cm³/mol. The third-order valence-electron chi connectivity index (χ3n) is 6.29.